The number of carbonyl (C=O) groups excluding carboxylic acids is 2. The first-order chi connectivity index (χ1) is 12.5. The summed E-state index contributed by atoms with van der Waals surface area (Å²) < 4.78 is 0. The summed E-state index contributed by atoms with van der Waals surface area (Å²) in [4.78, 5) is 30.6. The SMILES string of the molecule is CC(C)C(=O)Nc1nc(CC(=O)N(CCCN)Cc2ccccc2)cs1.Cl.Cl. The molecule has 0 atom stereocenters. The third-order valence-corrected chi connectivity index (χ3v) is 4.65. The van der Waals surface area contributed by atoms with Crippen LogP contribution in [0.1, 0.15) is 31.5 Å². The van der Waals surface area contributed by atoms with E-state index in [1.54, 1.807) is 0 Å². The van der Waals surface area contributed by atoms with Gasteiger partial charge in [0.25, 0.3) is 0 Å². The van der Waals surface area contributed by atoms with Gasteiger partial charge in [0.1, 0.15) is 0 Å². The summed E-state index contributed by atoms with van der Waals surface area (Å²) in [5.41, 5.74) is 7.36. The van der Waals surface area contributed by atoms with Gasteiger partial charge in [-0.25, -0.2) is 4.98 Å². The summed E-state index contributed by atoms with van der Waals surface area (Å²) in [5, 5.41) is 5.11. The molecule has 0 saturated heterocycles. The first-order valence-corrected chi connectivity index (χ1v) is 9.64. The fraction of sp³-hybridized carbons (Fsp3) is 0.421. The zero-order valence-corrected chi connectivity index (χ0v) is 18.5. The molecule has 3 N–H and O–H groups in total. The number of nitrogens with two attached hydrogens (primary N) is 1. The average Bonchev–Trinajstić information content (AvgIpc) is 3.06. The lowest BCUT2D eigenvalue weighted by Crippen LogP contribution is -2.33. The number of carbonyl (C=O) groups is 2. The van der Waals surface area contributed by atoms with Crippen LogP contribution in [0.2, 0.25) is 0 Å². The normalized spacial score (nSPS) is 10.0. The molecule has 0 bridgehead atoms. The van der Waals surface area contributed by atoms with E-state index in [-0.39, 0.29) is 49.0 Å². The molecule has 0 unspecified atom stereocenters. The minimum atomic E-state index is -0.110. The number of aromatic nitrogens is 1. The molecule has 0 aliphatic rings. The topological polar surface area (TPSA) is 88.3 Å². The molecular formula is C19H28Cl2N4O2S. The highest BCUT2D eigenvalue weighted by Gasteiger charge is 2.17. The molecule has 0 radical (unpaired) electrons. The molecule has 1 aromatic carbocycles. The minimum absolute atomic E-state index is 0. The van der Waals surface area contributed by atoms with Crippen molar-refractivity contribution in [3.05, 3.63) is 47.0 Å². The molecule has 0 aliphatic heterocycles. The van der Waals surface area contributed by atoms with E-state index in [9.17, 15) is 9.59 Å². The number of amides is 2. The van der Waals surface area contributed by atoms with E-state index in [0.29, 0.717) is 30.5 Å². The van der Waals surface area contributed by atoms with E-state index in [2.05, 4.69) is 10.3 Å². The van der Waals surface area contributed by atoms with Gasteiger partial charge in [0.2, 0.25) is 11.8 Å². The van der Waals surface area contributed by atoms with Gasteiger partial charge in [-0.05, 0) is 18.5 Å². The number of halogens is 2. The third-order valence-electron chi connectivity index (χ3n) is 3.84. The zero-order chi connectivity index (χ0) is 18.9. The molecule has 9 heteroatoms. The van der Waals surface area contributed by atoms with Crippen molar-refractivity contribution in [2.45, 2.75) is 33.2 Å². The predicted molar refractivity (Wildman–Crippen MR) is 119 cm³/mol. The first kappa shape index (κ1) is 26.3. The Labute approximate surface area is 182 Å². The summed E-state index contributed by atoms with van der Waals surface area (Å²) in [7, 11) is 0. The van der Waals surface area contributed by atoms with E-state index in [1.807, 2.05) is 54.5 Å². The van der Waals surface area contributed by atoms with E-state index >= 15 is 0 Å². The van der Waals surface area contributed by atoms with Gasteiger partial charge in [-0.2, -0.15) is 0 Å². The number of benzene rings is 1. The smallest absolute Gasteiger partial charge is 0.228 e. The molecule has 0 fully saturated rings. The Morgan fingerprint density at radius 3 is 2.50 bits per heavy atom. The molecule has 1 aromatic heterocycles. The van der Waals surface area contributed by atoms with Gasteiger partial charge < -0.3 is 16.0 Å². The van der Waals surface area contributed by atoms with E-state index in [1.165, 1.54) is 11.3 Å². The molecule has 0 spiro atoms. The molecular weight excluding hydrogens is 419 g/mol. The minimum Gasteiger partial charge on any atom is -0.338 e. The predicted octanol–water partition coefficient (Wildman–Crippen LogP) is 3.50. The standard InChI is InChI=1S/C19H26N4O2S.2ClH/c1-14(2)18(25)22-19-21-16(13-26-19)11-17(24)23(10-6-9-20)12-15-7-4-3-5-8-15;;/h3-5,7-8,13-14H,6,9-12,20H2,1-2H3,(H,21,22,25);2*1H. The van der Waals surface area contributed by atoms with Crippen LogP contribution >= 0.6 is 36.2 Å². The highest BCUT2D eigenvalue weighted by molar-refractivity contribution is 7.13. The second-order valence-corrected chi connectivity index (χ2v) is 7.27. The van der Waals surface area contributed by atoms with Crippen molar-refractivity contribution in [2.75, 3.05) is 18.4 Å². The maximum atomic E-state index is 12.7. The first-order valence-electron chi connectivity index (χ1n) is 8.76. The van der Waals surface area contributed by atoms with Crippen molar-refractivity contribution in [1.29, 1.82) is 0 Å². The van der Waals surface area contributed by atoms with Gasteiger partial charge in [0.05, 0.1) is 12.1 Å². The van der Waals surface area contributed by atoms with Crippen LogP contribution in [0.25, 0.3) is 0 Å². The van der Waals surface area contributed by atoms with Crippen molar-refractivity contribution in [3.8, 4) is 0 Å². The average molecular weight is 447 g/mol. The van der Waals surface area contributed by atoms with Gasteiger partial charge in [-0.1, -0.05) is 44.2 Å². The highest BCUT2D eigenvalue weighted by Crippen LogP contribution is 2.18. The highest BCUT2D eigenvalue weighted by atomic mass is 35.5. The molecule has 2 aromatic rings. The molecule has 2 amide bonds. The zero-order valence-electron chi connectivity index (χ0n) is 16.1. The number of nitrogens with zero attached hydrogens (tertiary/aromatic N) is 2. The van der Waals surface area contributed by atoms with E-state index in [0.717, 1.165) is 12.0 Å². The number of nitrogens with one attached hydrogen (secondary N) is 1. The van der Waals surface area contributed by atoms with Crippen LogP contribution in [0.3, 0.4) is 0 Å². The Hall–Kier alpha value is -1.67. The fourth-order valence-corrected chi connectivity index (χ4v) is 3.05. The maximum absolute atomic E-state index is 12.7. The summed E-state index contributed by atoms with van der Waals surface area (Å²) in [6, 6.07) is 9.89. The Morgan fingerprint density at radius 2 is 1.89 bits per heavy atom. The number of anilines is 1. The Bertz CT molecular complexity index is 726. The van der Waals surface area contributed by atoms with Gasteiger partial charge in [-0.3, -0.25) is 9.59 Å². The molecule has 0 aliphatic carbocycles. The molecule has 28 heavy (non-hydrogen) atoms. The van der Waals surface area contributed by atoms with Crippen LogP contribution in [-0.2, 0) is 22.6 Å². The lowest BCUT2D eigenvalue weighted by Gasteiger charge is -2.22. The summed E-state index contributed by atoms with van der Waals surface area (Å²) in [6.45, 7) is 5.37. The fourth-order valence-electron chi connectivity index (χ4n) is 2.34. The van der Waals surface area contributed by atoms with Gasteiger partial charge in [-0.15, -0.1) is 36.2 Å². The molecule has 2 rings (SSSR count). The molecule has 1 heterocycles. The molecule has 6 nitrogen and oxygen atoms in total. The lowest BCUT2D eigenvalue weighted by atomic mass is 10.2. The van der Waals surface area contributed by atoms with Crippen molar-refractivity contribution in [2.24, 2.45) is 11.7 Å². The van der Waals surface area contributed by atoms with Gasteiger partial charge in [0, 0.05) is 24.4 Å². The van der Waals surface area contributed by atoms with Crippen LogP contribution in [0.4, 0.5) is 5.13 Å². The third kappa shape index (κ3) is 8.56. The number of hydrogen-bond acceptors (Lipinski definition) is 5. The van der Waals surface area contributed by atoms with Crippen molar-refractivity contribution >= 4 is 53.1 Å². The molecule has 156 valence electrons. The van der Waals surface area contributed by atoms with E-state index < -0.39 is 0 Å². The quantitative estimate of drug-likeness (QED) is 0.616. The summed E-state index contributed by atoms with van der Waals surface area (Å²) in [6.07, 6.45) is 0.969. The molecule has 0 saturated carbocycles. The van der Waals surface area contributed by atoms with Crippen LogP contribution in [0.5, 0.6) is 0 Å². The number of hydrogen-bond donors (Lipinski definition) is 2. The largest absolute Gasteiger partial charge is 0.338 e. The monoisotopic (exact) mass is 446 g/mol. The Kier molecular flexibility index (Phi) is 12.7. The van der Waals surface area contributed by atoms with Crippen molar-refractivity contribution < 1.29 is 9.59 Å². The van der Waals surface area contributed by atoms with Gasteiger partial charge >= 0.3 is 0 Å². The van der Waals surface area contributed by atoms with Crippen LogP contribution in [0.15, 0.2) is 35.7 Å². The number of rotatable bonds is 9. The van der Waals surface area contributed by atoms with Crippen molar-refractivity contribution in [3.63, 3.8) is 0 Å². The van der Waals surface area contributed by atoms with Crippen LogP contribution in [-0.4, -0.2) is 34.8 Å². The Morgan fingerprint density at radius 1 is 1.21 bits per heavy atom. The summed E-state index contributed by atoms with van der Waals surface area (Å²) >= 11 is 1.34. The lowest BCUT2D eigenvalue weighted by molar-refractivity contribution is -0.131. The Balaban J connectivity index is 0.00000364. The second-order valence-electron chi connectivity index (χ2n) is 6.41. The summed E-state index contributed by atoms with van der Waals surface area (Å²) in [5.74, 6) is -0.179. The second kappa shape index (κ2) is 13.5. The van der Waals surface area contributed by atoms with Crippen LogP contribution < -0.4 is 11.1 Å². The van der Waals surface area contributed by atoms with Crippen LogP contribution in [0, 0.1) is 5.92 Å². The number of thiazole rings is 1. The van der Waals surface area contributed by atoms with Gasteiger partial charge in [0.15, 0.2) is 5.13 Å². The van der Waals surface area contributed by atoms with Crippen molar-refractivity contribution in [1.82, 2.24) is 9.88 Å². The van der Waals surface area contributed by atoms with E-state index in [4.69, 9.17) is 5.73 Å². The maximum Gasteiger partial charge on any atom is 0.228 e.